The lowest BCUT2D eigenvalue weighted by molar-refractivity contribution is -0.112. The van der Waals surface area contributed by atoms with Gasteiger partial charge in [0.15, 0.2) is 0 Å². The highest BCUT2D eigenvalue weighted by Crippen LogP contribution is 2.52. The van der Waals surface area contributed by atoms with E-state index in [0.29, 0.717) is 51.7 Å². The van der Waals surface area contributed by atoms with Crippen LogP contribution >= 0.6 is 0 Å². The maximum Gasteiger partial charge on any atom is 0.248 e. The van der Waals surface area contributed by atoms with E-state index in [9.17, 15) is 9.18 Å². The van der Waals surface area contributed by atoms with Gasteiger partial charge in [-0.1, -0.05) is 12.5 Å². The van der Waals surface area contributed by atoms with Crippen LogP contribution in [0.1, 0.15) is 50.5 Å². The van der Waals surface area contributed by atoms with Crippen molar-refractivity contribution in [3.63, 3.8) is 0 Å². The minimum Gasteiger partial charge on any atom is -0.491 e. The van der Waals surface area contributed by atoms with Gasteiger partial charge in [-0.15, -0.1) is 0 Å². The third kappa shape index (κ3) is 6.04. The second kappa shape index (κ2) is 11.7. The molecule has 4 fully saturated rings. The van der Waals surface area contributed by atoms with E-state index in [1.54, 1.807) is 25.1 Å². The van der Waals surface area contributed by atoms with Gasteiger partial charge >= 0.3 is 0 Å². The summed E-state index contributed by atoms with van der Waals surface area (Å²) in [5.41, 5.74) is 3.61. The maximum absolute atomic E-state index is 13.9. The molecule has 232 valence electrons. The van der Waals surface area contributed by atoms with E-state index in [1.807, 2.05) is 18.2 Å². The second-order valence-electron chi connectivity index (χ2n) is 14.0. The smallest absolute Gasteiger partial charge is 0.248 e. The average molecular weight is 599 g/mol. The fourth-order valence-electron chi connectivity index (χ4n) is 7.76. The van der Waals surface area contributed by atoms with Crippen molar-refractivity contribution in [1.82, 2.24) is 19.8 Å². The van der Waals surface area contributed by atoms with Gasteiger partial charge in [-0.25, -0.2) is 14.4 Å². The number of anilines is 3. The molecule has 2 spiro atoms. The number of nitrogens with one attached hydrogen (secondary N) is 2. The van der Waals surface area contributed by atoms with Crippen LogP contribution in [0.2, 0.25) is 0 Å². The van der Waals surface area contributed by atoms with Gasteiger partial charge in [0.25, 0.3) is 0 Å². The maximum atomic E-state index is 13.9. The van der Waals surface area contributed by atoms with Crippen LogP contribution in [0.4, 0.5) is 21.6 Å². The van der Waals surface area contributed by atoms with E-state index in [4.69, 9.17) is 4.74 Å². The molecule has 2 aliphatic carbocycles. The largest absolute Gasteiger partial charge is 0.491 e. The third-order valence-corrected chi connectivity index (χ3v) is 10.5. The van der Waals surface area contributed by atoms with E-state index in [0.717, 1.165) is 30.7 Å². The number of carbonyl (C=O) groups is 1. The normalized spacial score (nSPS) is 21.2. The summed E-state index contributed by atoms with van der Waals surface area (Å²) in [6.07, 6.45) is 14.1. The van der Waals surface area contributed by atoms with E-state index in [-0.39, 0.29) is 11.7 Å². The van der Waals surface area contributed by atoms with Crippen LogP contribution in [0, 0.1) is 29.5 Å². The number of likely N-dealkylation sites (tertiary alicyclic amines) is 2. The van der Waals surface area contributed by atoms with Crippen LogP contribution in [0.25, 0.3) is 10.9 Å². The summed E-state index contributed by atoms with van der Waals surface area (Å²) in [5, 5.41) is 7.11. The van der Waals surface area contributed by atoms with Gasteiger partial charge in [-0.2, -0.15) is 0 Å². The fraction of sp³-hybridized carbons (Fsp3) is 0.514. The first-order valence-electron chi connectivity index (χ1n) is 16.1. The first kappa shape index (κ1) is 29.2. The van der Waals surface area contributed by atoms with Gasteiger partial charge in [0.05, 0.1) is 17.8 Å². The molecule has 9 heteroatoms. The van der Waals surface area contributed by atoms with Crippen molar-refractivity contribution >= 4 is 34.0 Å². The van der Waals surface area contributed by atoms with Crippen molar-refractivity contribution in [1.29, 1.82) is 0 Å². The molecule has 1 aromatic heterocycles. The molecule has 0 atom stereocenters. The Labute approximate surface area is 259 Å². The van der Waals surface area contributed by atoms with Crippen LogP contribution in [0.5, 0.6) is 5.75 Å². The molecule has 2 saturated heterocycles. The summed E-state index contributed by atoms with van der Waals surface area (Å²) in [5.74, 6) is 1.25. The second-order valence-corrected chi connectivity index (χ2v) is 14.0. The minimum absolute atomic E-state index is 0.192. The third-order valence-electron chi connectivity index (χ3n) is 10.5. The summed E-state index contributed by atoms with van der Waals surface area (Å²) >= 11 is 0. The Bertz CT molecular complexity index is 1560. The van der Waals surface area contributed by atoms with Gasteiger partial charge in [-0.05, 0) is 112 Å². The number of amides is 1. The zero-order chi connectivity index (χ0) is 30.3. The first-order chi connectivity index (χ1) is 21.3. The lowest BCUT2D eigenvalue weighted by Crippen LogP contribution is -2.59. The molecule has 3 aromatic rings. The molecule has 0 radical (unpaired) electrons. The number of carbonyl (C=O) groups excluding carboxylic acids is 1. The fourth-order valence-corrected chi connectivity index (χ4v) is 7.76. The molecule has 44 heavy (non-hydrogen) atoms. The number of hydrogen-bond donors (Lipinski definition) is 2. The number of fused-ring (bicyclic) bond motifs is 1. The molecule has 2 aromatic carbocycles. The SMILES string of the molecule is Cc1cc(Nc2ncnc3cc(OCC4CC5(CCN(C)CC5)C4)c(NC(=O)/C=C/CN4CC5(CCC5)C4)cc23)ccc1F. The molecular formula is C35H43FN6O2. The average Bonchev–Trinajstić information content (AvgIpc) is 2.94. The number of benzene rings is 2. The van der Waals surface area contributed by atoms with E-state index in [1.165, 1.54) is 70.4 Å². The number of halogens is 1. The van der Waals surface area contributed by atoms with Crippen molar-refractivity contribution in [3.8, 4) is 5.75 Å². The molecule has 4 aliphatic rings. The highest BCUT2D eigenvalue weighted by Gasteiger charge is 2.47. The number of hydrogen-bond acceptors (Lipinski definition) is 7. The van der Waals surface area contributed by atoms with Gasteiger partial charge in [-0.3, -0.25) is 9.69 Å². The topological polar surface area (TPSA) is 82.6 Å². The monoisotopic (exact) mass is 598 g/mol. The highest BCUT2D eigenvalue weighted by molar-refractivity contribution is 6.03. The van der Waals surface area contributed by atoms with Crippen molar-refractivity contribution in [2.75, 3.05) is 57.0 Å². The number of aromatic nitrogens is 2. The Morgan fingerprint density at radius 2 is 1.89 bits per heavy atom. The highest BCUT2D eigenvalue weighted by atomic mass is 19.1. The Hall–Kier alpha value is -3.56. The number of aryl methyl sites for hydroxylation is 1. The molecular weight excluding hydrogens is 555 g/mol. The zero-order valence-electron chi connectivity index (χ0n) is 25.9. The Kier molecular flexibility index (Phi) is 7.79. The molecule has 0 unspecified atom stereocenters. The van der Waals surface area contributed by atoms with E-state index in [2.05, 4.69) is 37.4 Å². The van der Waals surface area contributed by atoms with Crippen LogP contribution in [0.3, 0.4) is 0 Å². The van der Waals surface area contributed by atoms with E-state index < -0.39 is 0 Å². The lowest BCUT2D eigenvalue weighted by atomic mass is 9.58. The summed E-state index contributed by atoms with van der Waals surface area (Å²) < 4.78 is 20.3. The summed E-state index contributed by atoms with van der Waals surface area (Å²) in [6.45, 7) is 7.77. The predicted octanol–water partition coefficient (Wildman–Crippen LogP) is 6.30. The van der Waals surface area contributed by atoms with Crippen LogP contribution in [-0.4, -0.2) is 72.1 Å². The van der Waals surface area contributed by atoms with Gasteiger partial charge in [0.2, 0.25) is 5.91 Å². The number of rotatable bonds is 9. The molecule has 2 N–H and O–H groups in total. The molecule has 2 saturated carbocycles. The Morgan fingerprint density at radius 1 is 1.09 bits per heavy atom. The van der Waals surface area contributed by atoms with Gasteiger partial charge in [0, 0.05) is 42.9 Å². The quantitative estimate of drug-likeness (QED) is 0.280. The zero-order valence-corrected chi connectivity index (χ0v) is 25.9. The predicted molar refractivity (Wildman–Crippen MR) is 172 cm³/mol. The first-order valence-corrected chi connectivity index (χ1v) is 16.1. The number of ether oxygens (including phenoxy) is 1. The molecule has 0 bridgehead atoms. The Morgan fingerprint density at radius 3 is 2.61 bits per heavy atom. The summed E-state index contributed by atoms with van der Waals surface area (Å²) in [4.78, 5) is 26.9. The van der Waals surface area contributed by atoms with Gasteiger partial charge < -0.3 is 20.3 Å². The van der Waals surface area contributed by atoms with Crippen LogP contribution < -0.4 is 15.4 Å². The summed E-state index contributed by atoms with van der Waals surface area (Å²) in [6, 6.07) is 8.63. The number of nitrogens with zero attached hydrogens (tertiary/aromatic N) is 4. The van der Waals surface area contributed by atoms with Crippen molar-refractivity contribution in [2.24, 2.45) is 16.7 Å². The van der Waals surface area contributed by atoms with E-state index >= 15 is 0 Å². The van der Waals surface area contributed by atoms with Crippen molar-refractivity contribution < 1.29 is 13.9 Å². The Balaban J connectivity index is 1.07. The van der Waals surface area contributed by atoms with Crippen molar-refractivity contribution in [3.05, 3.63) is 60.2 Å². The molecule has 1 amide bonds. The molecule has 8 nitrogen and oxygen atoms in total. The van der Waals surface area contributed by atoms with Gasteiger partial charge in [0.1, 0.15) is 23.7 Å². The number of piperidine rings is 1. The molecule has 3 heterocycles. The molecule has 2 aliphatic heterocycles. The van der Waals surface area contributed by atoms with Crippen LogP contribution in [0.15, 0.2) is 48.8 Å². The lowest BCUT2D eigenvalue weighted by Gasteiger charge is -2.56. The standard InChI is InChI=1S/C35H43FN6O2/c1-24-15-26(6-7-28(24)36)39-33-27-16-30(40-32(43)5-3-12-42-21-35(22-42)8-4-9-35)31(17-29(27)37-23-38-33)44-20-25-18-34(19-25)10-13-41(2)14-11-34/h3,5-7,15-17,23,25H,4,8-14,18-22H2,1-2H3,(H,40,43)(H,37,38,39)/b5-3+. The molecule has 7 rings (SSSR count). The minimum atomic E-state index is -0.257. The van der Waals surface area contributed by atoms with Crippen LogP contribution in [-0.2, 0) is 4.79 Å². The summed E-state index contributed by atoms with van der Waals surface area (Å²) in [7, 11) is 2.21. The van der Waals surface area contributed by atoms with Crippen molar-refractivity contribution in [2.45, 2.75) is 51.9 Å².